The van der Waals surface area contributed by atoms with Gasteiger partial charge in [0, 0.05) is 24.6 Å². The second-order valence-electron chi connectivity index (χ2n) is 4.51. The fourth-order valence-corrected chi connectivity index (χ4v) is 2.14. The van der Waals surface area contributed by atoms with Crippen molar-refractivity contribution >= 4 is 11.7 Å². The molecule has 1 unspecified atom stereocenters. The maximum Gasteiger partial charge on any atom is 0.319 e. The maximum absolute atomic E-state index is 11.6. The van der Waals surface area contributed by atoms with E-state index in [1.54, 1.807) is 0 Å². The van der Waals surface area contributed by atoms with Gasteiger partial charge >= 0.3 is 6.03 Å². The summed E-state index contributed by atoms with van der Waals surface area (Å²) in [5.74, 6) is 1.51. The van der Waals surface area contributed by atoms with Crippen LogP contribution in [0, 0.1) is 0 Å². The first kappa shape index (κ1) is 13.5. The van der Waals surface area contributed by atoms with Gasteiger partial charge in [0.2, 0.25) is 0 Å². The molecule has 2 amide bonds. The van der Waals surface area contributed by atoms with E-state index < -0.39 is 0 Å². The molecule has 2 rings (SSSR count). The zero-order valence-electron chi connectivity index (χ0n) is 11.6. The molecular weight excluding hydrogens is 244 g/mol. The number of amides is 2. The minimum atomic E-state index is -0.241. The van der Waals surface area contributed by atoms with Crippen LogP contribution in [0.1, 0.15) is 26.3 Å². The van der Waals surface area contributed by atoms with Gasteiger partial charge in [-0.05, 0) is 26.8 Å². The summed E-state index contributed by atoms with van der Waals surface area (Å²) in [5, 5.41) is 5.48. The number of urea groups is 1. The Morgan fingerprint density at radius 2 is 2.26 bits per heavy atom. The first-order chi connectivity index (χ1) is 9.13. The van der Waals surface area contributed by atoms with Crippen LogP contribution in [0.15, 0.2) is 12.1 Å². The summed E-state index contributed by atoms with van der Waals surface area (Å²) in [4.78, 5) is 11.6. The number of fused-ring (bicyclic) bond motifs is 1. The molecule has 104 valence electrons. The summed E-state index contributed by atoms with van der Waals surface area (Å²) < 4.78 is 11.3. The third-order valence-electron chi connectivity index (χ3n) is 2.88. The van der Waals surface area contributed by atoms with E-state index in [0.717, 1.165) is 17.7 Å². The fraction of sp³-hybridized carbons (Fsp3) is 0.500. The summed E-state index contributed by atoms with van der Waals surface area (Å²) >= 11 is 0. The van der Waals surface area contributed by atoms with Gasteiger partial charge in [0.15, 0.2) is 0 Å². The van der Waals surface area contributed by atoms with Crippen molar-refractivity contribution in [2.45, 2.75) is 33.3 Å². The van der Waals surface area contributed by atoms with Crippen LogP contribution < -0.4 is 20.1 Å². The zero-order valence-corrected chi connectivity index (χ0v) is 11.6. The minimum absolute atomic E-state index is 0.171. The summed E-state index contributed by atoms with van der Waals surface area (Å²) in [6, 6.07) is 3.54. The lowest BCUT2D eigenvalue weighted by molar-refractivity contribution is 0.252. The molecule has 5 nitrogen and oxygen atoms in total. The van der Waals surface area contributed by atoms with Gasteiger partial charge < -0.3 is 20.1 Å². The van der Waals surface area contributed by atoms with Crippen LogP contribution in [0.2, 0.25) is 0 Å². The highest BCUT2D eigenvalue weighted by molar-refractivity contribution is 5.91. The van der Waals surface area contributed by atoms with Crippen molar-refractivity contribution in [2.75, 3.05) is 18.5 Å². The van der Waals surface area contributed by atoms with Crippen LogP contribution in [0.5, 0.6) is 11.5 Å². The number of carbonyl (C=O) groups excluding carboxylic acids is 1. The molecule has 2 N–H and O–H groups in total. The van der Waals surface area contributed by atoms with E-state index in [4.69, 9.17) is 9.47 Å². The molecule has 0 spiro atoms. The summed E-state index contributed by atoms with van der Waals surface area (Å²) in [6.07, 6.45) is 1.04. The molecule has 1 aromatic rings. The first-order valence-corrected chi connectivity index (χ1v) is 6.65. The van der Waals surface area contributed by atoms with Crippen molar-refractivity contribution in [1.29, 1.82) is 0 Å². The number of rotatable bonds is 4. The Balaban J connectivity index is 2.25. The molecular formula is C14H20N2O3. The van der Waals surface area contributed by atoms with E-state index in [9.17, 15) is 4.79 Å². The minimum Gasteiger partial charge on any atom is -0.492 e. The molecule has 1 heterocycles. The Morgan fingerprint density at radius 3 is 2.95 bits per heavy atom. The molecule has 0 aromatic heterocycles. The highest BCUT2D eigenvalue weighted by Crippen LogP contribution is 2.37. The third kappa shape index (κ3) is 3.10. The smallest absolute Gasteiger partial charge is 0.319 e. The quantitative estimate of drug-likeness (QED) is 0.878. The number of carbonyl (C=O) groups is 1. The second-order valence-corrected chi connectivity index (χ2v) is 4.51. The number of hydrogen-bond donors (Lipinski definition) is 2. The molecule has 19 heavy (non-hydrogen) atoms. The van der Waals surface area contributed by atoms with Gasteiger partial charge in [0.05, 0.1) is 12.3 Å². The van der Waals surface area contributed by atoms with E-state index >= 15 is 0 Å². The molecule has 0 fully saturated rings. The lowest BCUT2D eigenvalue weighted by atomic mass is 10.1. The topological polar surface area (TPSA) is 59.6 Å². The van der Waals surface area contributed by atoms with Crippen LogP contribution >= 0.6 is 0 Å². The van der Waals surface area contributed by atoms with Crippen molar-refractivity contribution in [1.82, 2.24) is 5.32 Å². The number of benzene rings is 1. The first-order valence-electron chi connectivity index (χ1n) is 6.65. The van der Waals surface area contributed by atoms with Gasteiger partial charge in [-0.15, -0.1) is 0 Å². The van der Waals surface area contributed by atoms with E-state index in [1.165, 1.54) is 0 Å². The largest absolute Gasteiger partial charge is 0.492 e. The Bertz CT molecular complexity index is 474. The summed E-state index contributed by atoms with van der Waals surface area (Å²) in [7, 11) is 0. The molecule has 1 atom stereocenters. The molecule has 1 aliphatic rings. The van der Waals surface area contributed by atoms with Gasteiger partial charge in [0.1, 0.15) is 17.6 Å². The van der Waals surface area contributed by atoms with Crippen molar-refractivity contribution in [3.05, 3.63) is 17.7 Å². The normalized spacial score (nSPS) is 16.5. The van der Waals surface area contributed by atoms with Gasteiger partial charge in [0.25, 0.3) is 0 Å². The summed E-state index contributed by atoms with van der Waals surface area (Å²) in [6.45, 7) is 6.95. The van der Waals surface area contributed by atoms with Crippen molar-refractivity contribution < 1.29 is 14.3 Å². The molecule has 0 radical (unpaired) electrons. The van der Waals surface area contributed by atoms with Crippen LogP contribution in [0.3, 0.4) is 0 Å². The monoisotopic (exact) mass is 264 g/mol. The van der Waals surface area contributed by atoms with Crippen LogP contribution in [-0.2, 0) is 6.42 Å². The van der Waals surface area contributed by atoms with Crippen LogP contribution in [0.4, 0.5) is 10.5 Å². The predicted octanol–water partition coefficient (Wildman–Crippen LogP) is 2.55. The lowest BCUT2D eigenvalue weighted by Crippen LogP contribution is -2.28. The van der Waals surface area contributed by atoms with Crippen molar-refractivity contribution in [2.24, 2.45) is 0 Å². The van der Waals surface area contributed by atoms with Crippen molar-refractivity contribution in [3.8, 4) is 11.5 Å². The van der Waals surface area contributed by atoms with Crippen LogP contribution in [-0.4, -0.2) is 25.3 Å². The number of ether oxygens (including phenoxy) is 2. The average Bonchev–Trinajstić information content (AvgIpc) is 2.69. The van der Waals surface area contributed by atoms with Gasteiger partial charge in [-0.3, -0.25) is 0 Å². The van der Waals surface area contributed by atoms with Crippen LogP contribution in [0.25, 0.3) is 0 Å². The summed E-state index contributed by atoms with van der Waals surface area (Å²) in [5.41, 5.74) is 1.76. The Kier molecular flexibility index (Phi) is 4.14. The average molecular weight is 264 g/mol. The van der Waals surface area contributed by atoms with Crippen molar-refractivity contribution in [3.63, 3.8) is 0 Å². The van der Waals surface area contributed by atoms with Gasteiger partial charge in [-0.2, -0.15) is 0 Å². The van der Waals surface area contributed by atoms with E-state index in [-0.39, 0.29) is 12.1 Å². The van der Waals surface area contributed by atoms with Gasteiger partial charge in [-0.25, -0.2) is 4.79 Å². The fourth-order valence-electron chi connectivity index (χ4n) is 2.14. The molecule has 0 saturated carbocycles. The predicted molar refractivity (Wildman–Crippen MR) is 74.1 cm³/mol. The number of nitrogens with one attached hydrogen (secondary N) is 2. The Labute approximate surface area is 113 Å². The SMILES string of the molecule is CCNC(=O)Nc1cc2c(cc1OCC)CC(C)O2. The second kappa shape index (κ2) is 5.82. The molecule has 1 aromatic carbocycles. The zero-order chi connectivity index (χ0) is 13.8. The van der Waals surface area contributed by atoms with Gasteiger partial charge in [-0.1, -0.05) is 0 Å². The van der Waals surface area contributed by atoms with E-state index in [1.807, 2.05) is 32.9 Å². The Morgan fingerprint density at radius 1 is 1.47 bits per heavy atom. The third-order valence-corrected chi connectivity index (χ3v) is 2.88. The standard InChI is InChI=1S/C14H20N2O3/c1-4-15-14(17)16-11-8-12-10(6-9(3)19-12)7-13(11)18-5-2/h7-9H,4-6H2,1-3H3,(H2,15,16,17). The highest BCUT2D eigenvalue weighted by Gasteiger charge is 2.22. The highest BCUT2D eigenvalue weighted by atomic mass is 16.5. The molecule has 1 aliphatic heterocycles. The van der Waals surface area contributed by atoms with E-state index in [2.05, 4.69) is 10.6 Å². The lowest BCUT2D eigenvalue weighted by Gasteiger charge is -2.13. The number of hydrogen-bond acceptors (Lipinski definition) is 3. The molecule has 0 bridgehead atoms. The molecule has 5 heteroatoms. The van der Waals surface area contributed by atoms with E-state index in [0.29, 0.717) is 24.6 Å². The molecule has 0 saturated heterocycles. The molecule has 0 aliphatic carbocycles. The number of anilines is 1. The Hall–Kier alpha value is -1.91. The maximum atomic E-state index is 11.6.